The fourth-order valence-electron chi connectivity index (χ4n) is 2.97. The Balaban J connectivity index is 1.74. The van der Waals surface area contributed by atoms with Crippen LogP contribution in [0.5, 0.6) is 0 Å². The number of carbonyl (C=O) groups is 1. The Labute approximate surface area is 150 Å². The smallest absolute Gasteiger partial charge is 0.250 e. The zero-order chi connectivity index (χ0) is 16.9. The third kappa shape index (κ3) is 8.53. The molecular weight excluding hydrogens is 316 g/mol. The monoisotopic (exact) mass is 346 g/mol. The van der Waals surface area contributed by atoms with E-state index in [-0.39, 0.29) is 5.91 Å². The zero-order valence-electron chi connectivity index (χ0n) is 14.6. The van der Waals surface area contributed by atoms with Crippen molar-refractivity contribution in [2.24, 2.45) is 5.10 Å². The van der Waals surface area contributed by atoms with Gasteiger partial charge in [-0.2, -0.15) is 5.10 Å². The molecule has 0 spiro atoms. The molecule has 0 heterocycles. The summed E-state index contributed by atoms with van der Waals surface area (Å²) in [6.45, 7) is 0. The fraction of sp³-hybridized carbons (Fsp3) is 0.600. The van der Waals surface area contributed by atoms with E-state index in [0.717, 1.165) is 17.7 Å². The molecule has 1 aromatic carbocycles. The lowest BCUT2D eigenvalue weighted by Crippen LogP contribution is -2.21. The minimum Gasteiger partial charge on any atom is -0.272 e. The van der Waals surface area contributed by atoms with Gasteiger partial charge < -0.3 is 0 Å². The highest BCUT2D eigenvalue weighted by molar-refractivity contribution is 8.00. The van der Waals surface area contributed by atoms with Crippen LogP contribution in [0.25, 0.3) is 0 Å². The van der Waals surface area contributed by atoms with Gasteiger partial charge in [0.2, 0.25) is 5.91 Å². The molecule has 1 aliphatic rings. The number of benzene rings is 1. The highest BCUT2D eigenvalue weighted by Gasteiger charge is 2.05. The summed E-state index contributed by atoms with van der Waals surface area (Å²) >= 11 is 1.55. The minimum atomic E-state index is -0.0116. The standard InChI is InChI=1S/C20H30N2OS/c23-20(17-24-19-15-11-8-12-16-19)22-21-18-13-9-6-4-2-1-3-5-7-10-14-18/h8,11-12,15-16H,1-7,9-10,13-14,17H2,(H,22,23). The molecule has 24 heavy (non-hydrogen) atoms. The second-order valence-corrected chi connectivity index (χ2v) is 7.55. The van der Waals surface area contributed by atoms with E-state index in [2.05, 4.69) is 10.5 Å². The Bertz CT molecular complexity index is 488. The van der Waals surface area contributed by atoms with Crippen LogP contribution in [-0.2, 0) is 4.79 Å². The Kier molecular flexibility index (Phi) is 9.62. The number of nitrogens with one attached hydrogen (secondary N) is 1. The molecule has 0 unspecified atom stereocenters. The summed E-state index contributed by atoms with van der Waals surface area (Å²) < 4.78 is 0. The van der Waals surface area contributed by atoms with Gasteiger partial charge in [-0.15, -0.1) is 11.8 Å². The largest absolute Gasteiger partial charge is 0.272 e. The maximum atomic E-state index is 12.0. The second kappa shape index (κ2) is 12.1. The number of carbonyl (C=O) groups excluding carboxylic acids is 1. The van der Waals surface area contributed by atoms with Crippen LogP contribution in [-0.4, -0.2) is 17.4 Å². The molecule has 4 heteroatoms. The summed E-state index contributed by atoms with van der Waals surface area (Å²) in [6, 6.07) is 10.0. The second-order valence-electron chi connectivity index (χ2n) is 6.50. The van der Waals surface area contributed by atoms with Crippen molar-refractivity contribution in [2.75, 3.05) is 5.75 Å². The van der Waals surface area contributed by atoms with Gasteiger partial charge in [0, 0.05) is 10.6 Å². The van der Waals surface area contributed by atoms with Gasteiger partial charge in [-0.25, -0.2) is 5.43 Å². The molecule has 1 fully saturated rings. The number of rotatable bonds is 4. The van der Waals surface area contributed by atoms with Crippen LogP contribution in [0.1, 0.15) is 70.6 Å². The van der Waals surface area contributed by atoms with Gasteiger partial charge in [-0.3, -0.25) is 4.79 Å². The summed E-state index contributed by atoms with van der Waals surface area (Å²) in [5, 5.41) is 4.43. The summed E-state index contributed by atoms with van der Waals surface area (Å²) in [4.78, 5) is 13.1. The van der Waals surface area contributed by atoms with Crippen molar-refractivity contribution in [1.82, 2.24) is 5.43 Å². The number of hydrogen-bond acceptors (Lipinski definition) is 3. The van der Waals surface area contributed by atoms with Gasteiger partial charge in [0.25, 0.3) is 0 Å². The van der Waals surface area contributed by atoms with Gasteiger partial charge in [0.05, 0.1) is 5.75 Å². The van der Waals surface area contributed by atoms with Gasteiger partial charge in [0.15, 0.2) is 0 Å². The van der Waals surface area contributed by atoms with Gasteiger partial charge in [-0.1, -0.05) is 63.1 Å². The number of hydrogen-bond donors (Lipinski definition) is 1. The number of thioether (sulfide) groups is 1. The van der Waals surface area contributed by atoms with Gasteiger partial charge in [-0.05, 0) is 37.8 Å². The first-order valence-electron chi connectivity index (χ1n) is 9.37. The van der Waals surface area contributed by atoms with Gasteiger partial charge >= 0.3 is 0 Å². The van der Waals surface area contributed by atoms with E-state index in [4.69, 9.17) is 0 Å². The molecule has 0 radical (unpaired) electrons. The average Bonchev–Trinajstić information content (AvgIpc) is 2.60. The maximum Gasteiger partial charge on any atom is 0.250 e. The van der Waals surface area contributed by atoms with Crippen LogP contribution >= 0.6 is 11.8 Å². The van der Waals surface area contributed by atoms with Crippen molar-refractivity contribution in [3.63, 3.8) is 0 Å². The van der Waals surface area contributed by atoms with Crippen molar-refractivity contribution in [3.8, 4) is 0 Å². The number of nitrogens with zero attached hydrogens (tertiary/aromatic N) is 1. The molecule has 0 aromatic heterocycles. The third-order valence-electron chi connectivity index (χ3n) is 4.38. The Hall–Kier alpha value is -1.29. The summed E-state index contributed by atoms with van der Waals surface area (Å²) in [6.07, 6.45) is 13.9. The van der Waals surface area contributed by atoms with E-state index < -0.39 is 0 Å². The first-order valence-corrected chi connectivity index (χ1v) is 10.4. The van der Waals surface area contributed by atoms with Crippen molar-refractivity contribution < 1.29 is 4.79 Å². The van der Waals surface area contributed by atoms with Gasteiger partial charge in [0.1, 0.15) is 0 Å². The average molecular weight is 347 g/mol. The Morgan fingerprint density at radius 3 is 2.00 bits per heavy atom. The van der Waals surface area contributed by atoms with Crippen molar-refractivity contribution in [3.05, 3.63) is 30.3 Å². The van der Waals surface area contributed by atoms with E-state index in [0.29, 0.717) is 5.75 Å². The molecule has 1 amide bonds. The molecule has 0 atom stereocenters. The molecule has 0 saturated heterocycles. The highest BCUT2D eigenvalue weighted by atomic mass is 32.2. The van der Waals surface area contributed by atoms with Crippen LogP contribution in [0.3, 0.4) is 0 Å². The van der Waals surface area contributed by atoms with Crippen LogP contribution in [0.2, 0.25) is 0 Å². The van der Waals surface area contributed by atoms with E-state index in [1.165, 1.54) is 63.5 Å². The summed E-state index contributed by atoms with van der Waals surface area (Å²) in [5.41, 5.74) is 3.94. The normalized spacial score (nSPS) is 17.4. The first-order chi connectivity index (χ1) is 11.8. The molecule has 1 aliphatic carbocycles. The lowest BCUT2D eigenvalue weighted by molar-refractivity contribution is -0.118. The predicted octanol–water partition coefficient (Wildman–Crippen LogP) is 5.56. The predicted molar refractivity (Wildman–Crippen MR) is 104 cm³/mol. The molecule has 0 bridgehead atoms. The third-order valence-corrected chi connectivity index (χ3v) is 5.39. The number of amides is 1. The summed E-state index contributed by atoms with van der Waals surface area (Å²) in [7, 11) is 0. The Morgan fingerprint density at radius 1 is 0.875 bits per heavy atom. The molecule has 1 aromatic rings. The van der Waals surface area contributed by atoms with E-state index in [1.807, 2.05) is 30.3 Å². The minimum absolute atomic E-state index is 0.0116. The highest BCUT2D eigenvalue weighted by Crippen LogP contribution is 2.17. The molecule has 132 valence electrons. The van der Waals surface area contributed by atoms with E-state index >= 15 is 0 Å². The van der Waals surface area contributed by atoms with E-state index in [1.54, 1.807) is 11.8 Å². The van der Waals surface area contributed by atoms with Crippen LogP contribution in [0, 0.1) is 0 Å². The van der Waals surface area contributed by atoms with Crippen LogP contribution in [0.4, 0.5) is 0 Å². The molecule has 0 aliphatic heterocycles. The van der Waals surface area contributed by atoms with Crippen molar-refractivity contribution in [1.29, 1.82) is 0 Å². The topological polar surface area (TPSA) is 41.5 Å². The maximum absolute atomic E-state index is 12.0. The van der Waals surface area contributed by atoms with Crippen LogP contribution < -0.4 is 5.43 Å². The summed E-state index contributed by atoms with van der Waals surface area (Å²) in [5.74, 6) is 0.406. The lowest BCUT2D eigenvalue weighted by atomic mass is 10.00. The zero-order valence-corrected chi connectivity index (χ0v) is 15.5. The van der Waals surface area contributed by atoms with E-state index in [9.17, 15) is 4.79 Å². The Morgan fingerprint density at radius 2 is 1.42 bits per heavy atom. The van der Waals surface area contributed by atoms with Crippen LogP contribution in [0.15, 0.2) is 40.3 Å². The molecule has 1 saturated carbocycles. The molecule has 2 rings (SSSR count). The molecule has 1 N–H and O–H groups in total. The molecular formula is C20H30N2OS. The first kappa shape index (κ1) is 19.0. The van der Waals surface area contributed by atoms with Crippen molar-refractivity contribution in [2.45, 2.75) is 75.5 Å². The SMILES string of the molecule is O=C(CSc1ccccc1)NN=C1CCCCCCCCCCC1. The number of hydrazone groups is 1. The lowest BCUT2D eigenvalue weighted by Gasteiger charge is -2.09. The quantitative estimate of drug-likeness (QED) is 0.573. The fourth-order valence-corrected chi connectivity index (χ4v) is 3.68. The molecule has 3 nitrogen and oxygen atoms in total. The van der Waals surface area contributed by atoms with Crippen molar-refractivity contribution >= 4 is 23.4 Å².